The highest BCUT2D eigenvalue weighted by atomic mass is 16.1. The second kappa shape index (κ2) is 5.85. The summed E-state index contributed by atoms with van der Waals surface area (Å²) in [5.74, 6) is 1.41. The minimum Gasteiger partial charge on any atom is -0.372 e. The van der Waals surface area contributed by atoms with Crippen LogP contribution in [0.3, 0.4) is 0 Å². The van der Waals surface area contributed by atoms with Crippen molar-refractivity contribution in [3.05, 3.63) is 23.9 Å². The van der Waals surface area contributed by atoms with E-state index in [-0.39, 0.29) is 5.91 Å². The van der Waals surface area contributed by atoms with Gasteiger partial charge in [0.05, 0.1) is 5.56 Å². The molecule has 1 heterocycles. The number of amides is 1. The van der Waals surface area contributed by atoms with Gasteiger partial charge in [-0.2, -0.15) is 0 Å². The summed E-state index contributed by atoms with van der Waals surface area (Å²) < 4.78 is 0. The van der Waals surface area contributed by atoms with Gasteiger partial charge in [-0.05, 0) is 43.7 Å². The molecule has 18 heavy (non-hydrogen) atoms. The first-order chi connectivity index (χ1) is 8.70. The third-order valence-electron chi connectivity index (χ3n) is 3.64. The number of pyridine rings is 1. The Morgan fingerprint density at radius 3 is 2.72 bits per heavy atom. The molecular weight excluding hydrogens is 226 g/mol. The van der Waals surface area contributed by atoms with Gasteiger partial charge in [-0.15, -0.1) is 0 Å². The van der Waals surface area contributed by atoms with Crippen LogP contribution in [-0.4, -0.2) is 24.0 Å². The van der Waals surface area contributed by atoms with Crippen molar-refractivity contribution in [3.63, 3.8) is 0 Å². The molecule has 4 nitrogen and oxygen atoms in total. The second-order valence-electron chi connectivity index (χ2n) is 5.08. The van der Waals surface area contributed by atoms with Crippen LogP contribution in [0.4, 0.5) is 5.82 Å². The summed E-state index contributed by atoms with van der Waals surface area (Å²) in [5.41, 5.74) is 0.624. The smallest absolute Gasteiger partial charge is 0.255 e. The molecule has 0 radical (unpaired) electrons. The monoisotopic (exact) mass is 247 g/mol. The van der Waals surface area contributed by atoms with Crippen LogP contribution in [0.1, 0.15) is 43.0 Å². The zero-order valence-corrected chi connectivity index (χ0v) is 11.1. The van der Waals surface area contributed by atoms with E-state index >= 15 is 0 Å². The Bertz CT molecular complexity index is 411. The van der Waals surface area contributed by atoms with Crippen LogP contribution in [-0.2, 0) is 0 Å². The van der Waals surface area contributed by atoms with E-state index in [2.05, 4.69) is 22.5 Å². The van der Waals surface area contributed by atoms with Crippen molar-refractivity contribution in [1.29, 1.82) is 0 Å². The Kier molecular flexibility index (Phi) is 4.18. The van der Waals surface area contributed by atoms with Crippen LogP contribution in [0, 0.1) is 5.92 Å². The molecule has 2 N–H and O–H groups in total. The Hall–Kier alpha value is -1.58. The lowest BCUT2D eigenvalue weighted by Gasteiger charge is -2.27. The average molecular weight is 247 g/mol. The minimum absolute atomic E-state index is 0.0213. The van der Waals surface area contributed by atoms with E-state index in [0.29, 0.717) is 17.4 Å². The van der Waals surface area contributed by atoms with Gasteiger partial charge in [-0.1, -0.05) is 6.92 Å². The number of anilines is 1. The first-order valence-electron chi connectivity index (χ1n) is 6.64. The van der Waals surface area contributed by atoms with Crippen LogP contribution < -0.4 is 10.6 Å². The molecule has 0 unspecified atom stereocenters. The van der Waals surface area contributed by atoms with Crippen molar-refractivity contribution in [3.8, 4) is 0 Å². The Morgan fingerprint density at radius 1 is 1.33 bits per heavy atom. The highest BCUT2D eigenvalue weighted by molar-refractivity contribution is 5.98. The average Bonchev–Trinajstić information content (AvgIpc) is 2.41. The maximum absolute atomic E-state index is 12.2. The van der Waals surface area contributed by atoms with Crippen molar-refractivity contribution in [1.82, 2.24) is 10.3 Å². The van der Waals surface area contributed by atoms with Gasteiger partial charge < -0.3 is 10.6 Å². The molecular formula is C14H21N3O. The van der Waals surface area contributed by atoms with E-state index in [1.54, 1.807) is 25.4 Å². The summed E-state index contributed by atoms with van der Waals surface area (Å²) in [6.07, 6.45) is 6.27. The number of hydrogen-bond acceptors (Lipinski definition) is 3. The summed E-state index contributed by atoms with van der Waals surface area (Å²) in [7, 11) is 1.78. The Balaban J connectivity index is 1.99. The molecule has 1 aromatic heterocycles. The van der Waals surface area contributed by atoms with Crippen LogP contribution in [0.2, 0.25) is 0 Å². The fourth-order valence-electron chi connectivity index (χ4n) is 2.46. The van der Waals surface area contributed by atoms with E-state index in [4.69, 9.17) is 0 Å². The van der Waals surface area contributed by atoms with Crippen molar-refractivity contribution >= 4 is 11.7 Å². The number of nitrogens with zero attached hydrogens (tertiary/aromatic N) is 1. The van der Waals surface area contributed by atoms with Crippen molar-refractivity contribution < 1.29 is 4.79 Å². The molecule has 0 bridgehead atoms. The lowest BCUT2D eigenvalue weighted by Crippen LogP contribution is -2.37. The molecule has 1 saturated carbocycles. The van der Waals surface area contributed by atoms with E-state index in [1.807, 2.05) is 0 Å². The standard InChI is InChI=1S/C14H21N3O/c1-10-5-7-11(8-6-10)17-14(18)12-4-3-9-16-13(12)15-2/h3-4,9-11H,5-8H2,1-2H3,(H,15,16)(H,17,18). The summed E-state index contributed by atoms with van der Waals surface area (Å²) in [6, 6.07) is 3.91. The molecule has 1 aliphatic rings. The van der Waals surface area contributed by atoms with E-state index in [9.17, 15) is 4.79 Å². The van der Waals surface area contributed by atoms with E-state index in [0.717, 1.165) is 18.8 Å². The molecule has 1 amide bonds. The van der Waals surface area contributed by atoms with Crippen molar-refractivity contribution in [2.24, 2.45) is 5.92 Å². The van der Waals surface area contributed by atoms with Gasteiger partial charge in [0.2, 0.25) is 0 Å². The fourth-order valence-corrected chi connectivity index (χ4v) is 2.46. The maximum atomic E-state index is 12.2. The molecule has 1 fully saturated rings. The molecule has 1 aromatic rings. The number of carbonyl (C=O) groups is 1. The highest BCUT2D eigenvalue weighted by Gasteiger charge is 2.21. The number of hydrogen-bond donors (Lipinski definition) is 2. The normalized spacial score (nSPS) is 23.4. The van der Waals surface area contributed by atoms with Crippen LogP contribution >= 0.6 is 0 Å². The van der Waals surface area contributed by atoms with Gasteiger partial charge in [0.25, 0.3) is 5.91 Å². The second-order valence-corrected chi connectivity index (χ2v) is 5.08. The SMILES string of the molecule is CNc1ncccc1C(=O)NC1CCC(C)CC1. The molecule has 0 aromatic carbocycles. The topological polar surface area (TPSA) is 54.0 Å². The maximum Gasteiger partial charge on any atom is 0.255 e. The van der Waals surface area contributed by atoms with Gasteiger partial charge in [0.1, 0.15) is 5.82 Å². The number of carbonyl (C=O) groups excluding carboxylic acids is 1. The van der Waals surface area contributed by atoms with Crippen LogP contribution in [0.25, 0.3) is 0 Å². The molecule has 0 atom stereocenters. The van der Waals surface area contributed by atoms with Gasteiger partial charge in [0.15, 0.2) is 0 Å². The number of rotatable bonds is 3. The van der Waals surface area contributed by atoms with Gasteiger partial charge in [-0.25, -0.2) is 4.98 Å². The summed E-state index contributed by atoms with van der Waals surface area (Å²) in [5, 5.41) is 6.06. The fraction of sp³-hybridized carbons (Fsp3) is 0.571. The van der Waals surface area contributed by atoms with Crippen molar-refractivity contribution in [2.45, 2.75) is 38.6 Å². The molecule has 1 aliphatic carbocycles. The molecule has 0 aliphatic heterocycles. The molecule has 0 saturated heterocycles. The predicted octanol–water partition coefficient (Wildman–Crippen LogP) is 2.43. The van der Waals surface area contributed by atoms with Gasteiger partial charge >= 0.3 is 0 Å². The summed E-state index contributed by atoms with van der Waals surface area (Å²) >= 11 is 0. The first-order valence-corrected chi connectivity index (χ1v) is 6.64. The van der Waals surface area contributed by atoms with E-state index in [1.165, 1.54) is 12.8 Å². The van der Waals surface area contributed by atoms with Crippen LogP contribution in [0.5, 0.6) is 0 Å². The zero-order valence-electron chi connectivity index (χ0n) is 11.1. The molecule has 0 spiro atoms. The zero-order chi connectivity index (χ0) is 13.0. The molecule has 98 valence electrons. The number of aromatic nitrogens is 1. The molecule has 2 rings (SSSR count). The van der Waals surface area contributed by atoms with E-state index < -0.39 is 0 Å². The van der Waals surface area contributed by atoms with Crippen LogP contribution in [0.15, 0.2) is 18.3 Å². The number of nitrogens with one attached hydrogen (secondary N) is 2. The lowest BCUT2D eigenvalue weighted by atomic mass is 9.87. The lowest BCUT2D eigenvalue weighted by molar-refractivity contribution is 0.0923. The van der Waals surface area contributed by atoms with Gasteiger partial charge in [-0.3, -0.25) is 4.79 Å². The van der Waals surface area contributed by atoms with Gasteiger partial charge in [0, 0.05) is 19.3 Å². The Labute approximate surface area is 108 Å². The highest BCUT2D eigenvalue weighted by Crippen LogP contribution is 2.24. The molecule has 4 heteroatoms. The quantitative estimate of drug-likeness (QED) is 0.862. The largest absolute Gasteiger partial charge is 0.372 e. The Morgan fingerprint density at radius 2 is 2.06 bits per heavy atom. The third kappa shape index (κ3) is 3.00. The summed E-state index contributed by atoms with van der Waals surface area (Å²) in [4.78, 5) is 16.3. The van der Waals surface area contributed by atoms with Crippen molar-refractivity contribution in [2.75, 3.05) is 12.4 Å². The predicted molar refractivity (Wildman–Crippen MR) is 72.7 cm³/mol. The first kappa shape index (κ1) is 12.9. The summed E-state index contributed by atoms with van der Waals surface area (Å²) in [6.45, 7) is 2.28. The minimum atomic E-state index is -0.0213. The third-order valence-corrected chi connectivity index (χ3v) is 3.64.